The minimum atomic E-state index is -2.89. The van der Waals surface area contributed by atoms with E-state index < -0.39 is 18.6 Å². The monoisotopic (exact) mass is 756 g/mol. The van der Waals surface area contributed by atoms with Gasteiger partial charge in [0.05, 0.1) is 30.5 Å². The summed E-state index contributed by atoms with van der Waals surface area (Å²) < 4.78 is 57.0. The average Bonchev–Trinajstić information content (AvgIpc) is 3.52. The van der Waals surface area contributed by atoms with Gasteiger partial charge in [0.25, 0.3) is 0 Å². The van der Waals surface area contributed by atoms with Crippen molar-refractivity contribution in [3.05, 3.63) is 42.1 Å². The molecule has 2 aliphatic heterocycles. The molecule has 12 nitrogen and oxygen atoms in total. The molecular formula is C35H52F4N8O4S. The molecule has 2 aliphatic rings. The SMILES string of the molecule is C=O.CC.CF.CNC(=O)CCC(C=O)n1nc(F)c2cc(C3CCN(CCCSN4CCC(Nc5ncc(OC(F)F)cn5)CC4)CC3)ccc21. The molecule has 1 aromatic carbocycles. The van der Waals surface area contributed by atoms with Gasteiger partial charge in [0, 0.05) is 38.4 Å². The molecule has 0 spiro atoms. The Bertz CT molecular complexity index is 1460. The Morgan fingerprint density at radius 1 is 1.08 bits per heavy atom. The van der Waals surface area contributed by atoms with Gasteiger partial charge in [0.2, 0.25) is 17.8 Å². The van der Waals surface area contributed by atoms with E-state index in [1.165, 1.54) is 17.1 Å². The number of rotatable bonds is 15. The van der Waals surface area contributed by atoms with Gasteiger partial charge in [-0.15, -0.1) is 5.10 Å². The summed E-state index contributed by atoms with van der Waals surface area (Å²) in [5, 5.41) is 10.2. The van der Waals surface area contributed by atoms with Crippen LogP contribution < -0.4 is 15.4 Å². The molecule has 1 unspecified atom stereocenters. The topological polar surface area (TPSA) is 135 Å². The number of carbonyl (C=O) groups excluding carboxylic acids is 3. The highest BCUT2D eigenvalue weighted by atomic mass is 32.2. The molecule has 3 aromatic rings. The molecular weight excluding hydrogens is 704 g/mol. The van der Waals surface area contributed by atoms with Crippen LogP contribution in [0.5, 0.6) is 5.75 Å². The molecule has 17 heteroatoms. The number of likely N-dealkylation sites (tertiary alicyclic amines) is 1. The molecule has 0 aliphatic carbocycles. The van der Waals surface area contributed by atoms with Crippen LogP contribution in [0.4, 0.5) is 23.5 Å². The number of fused-ring (bicyclic) bond motifs is 1. The number of aromatic nitrogens is 4. The number of aldehydes is 1. The zero-order valence-corrected chi connectivity index (χ0v) is 31.2. The van der Waals surface area contributed by atoms with Crippen molar-refractivity contribution in [2.75, 3.05) is 58.0 Å². The maximum Gasteiger partial charge on any atom is 0.387 e. The highest BCUT2D eigenvalue weighted by Crippen LogP contribution is 2.32. The number of amides is 1. The second-order valence-electron chi connectivity index (χ2n) is 11.7. The summed E-state index contributed by atoms with van der Waals surface area (Å²) in [6, 6.07) is 5.27. The van der Waals surface area contributed by atoms with Gasteiger partial charge in [-0.2, -0.15) is 13.2 Å². The molecule has 0 saturated carbocycles. The van der Waals surface area contributed by atoms with Gasteiger partial charge in [0.1, 0.15) is 19.1 Å². The third-order valence-corrected chi connectivity index (χ3v) is 9.90. The Kier molecular flexibility index (Phi) is 20.8. The molecule has 5 rings (SSSR count). The van der Waals surface area contributed by atoms with Crippen molar-refractivity contribution >= 4 is 47.8 Å². The lowest BCUT2D eigenvalue weighted by Crippen LogP contribution is -2.36. The molecule has 290 valence electrons. The molecule has 2 aromatic heterocycles. The van der Waals surface area contributed by atoms with E-state index in [1.54, 1.807) is 7.05 Å². The number of ether oxygens (including phenoxy) is 1. The van der Waals surface area contributed by atoms with Crippen LogP contribution in [0.2, 0.25) is 0 Å². The van der Waals surface area contributed by atoms with Crippen molar-refractivity contribution < 1.29 is 36.7 Å². The van der Waals surface area contributed by atoms with E-state index in [4.69, 9.17) is 4.79 Å². The Hall–Kier alpha value is -3.83. The maximum atomic E-state index is 14.9. The van der Waals surface area contributed by atoms with Crippen LogP contribution in [0.3, 0.4) is 0 Å². The number of piperidine rings is 2. The van der Waals surface area contributed by atoms with Crippen LogP contribution in [-0.2, 0) is 14.4 Å². The predicted octanol–water partition coefficient (Wildman–Crippen LogP) is 6.05. The van der Waals surface area contributed by atoms with E-state index in [-0.39, 0.29) is 30.5 Å². The summed E-state index contributed by atoms with van der Waals surface area (Å²) >= 11 is 1.89. The Balaban J connectivity index is 0.00000148. The third kappa shape index (κ3) is 13.6. The minimum absolute atomic E-state index is 0.0574. The van der Waals surface area contributed by atoms with E-state index in [2.05, 4.69) is 39.6 Å². The molecule has 1 amide bonds. The van der Waals surface area contributed by atoms with E-state index in [0.717, 1.165) is 82.4 Å². The average molecular weight is 757 g/mol. The molecule has 4 heterocycles. The second-order valence-corrected chi connectivity index (χ2v) is 12.9. The van der Waals surface area contributed by atoms with E-state index in [9.17, 15) is 27.2 Å². The van der Waals surface area contributed by atoms with Crippen molar-refractivity contribution in [1.29, 1.82) is 0 Å². The lowest BCUT2D eigenvalue weighted by Gasteiger charge is -2.33. The van der Waals surface area contributed by atoms with Gasteiger partial charge in [-0.1, -0.05) is 31.9 Å². The van der Waals surface area contributed by atoms with E-state index in [1.807, 2.05) is 50.8 Å². The highest BCUT2D eigenvalue weighted by Gasteiger charge is 2.24. The third-order valence-electron chi connectivity index (χ3n) is 8.69. The number of nitrogens with one attached hydrogen (secondary N) is 2. The number of alkyl halides is 3. The number of nitrogens with zero attached hydrogens (tertiary/aromatic N) is 6. The van der Waals surface area contributed by atoms with Crippen molar-refractivity contribution in [2.45, 2.75) is 83.4 Å². The van der Waals surface area contributed by atoms with E-state index >= 15 is 0 Å². The van der Waals surface area contributed by atoms with Crippen LogP contribution in [-0.4, -0.2) is 113 Å². The normalized spacial score (nSPS) is 16.0. The molecule has 0 radical (unpaired) electrons. The van der Waals surface area contributed by atoms with Crippen LogP contribution in [0.15, 0.2) is 30.6 Å². The Labute approximate surface area is 307 Å². The quantitative estimate of drug-likeness (QED) is 0.0812. The first-order valence-electron chi connectivity index (χ1n) is 17.5. The first kappa shape index (κ1) is 44.3. The fraction of sp³-hybridized carbons (Fsp3) is 0.600. The Morgan fingerprint density at radius 2 is 1.73 bits per heavy atom. The molecule has 0 bridgehead atoms. The van der Waals surface area contributed by atoms with Gasteiger partial charge in [-0.3, -0.25) is 18.2 Å². The lowest BCUT2D eigenvalue weighted by molar-refractivity contribution is -0.121. The number of hydrogen-bond donors (Lipinski definition) is 2. The van der Waals surface area contributed by atoms with Crippen LogP contribution in [0.1, 0.15) is 76.3 Å². The maximum absolute atomic E-state index is 14.9. The van der Waals surface area contributed by atoms with Crippen LogP contribution in [0, 0.1) is 5.95 Å². The number of benzene rings is 1. The lowest BCUT2D eigenvalue weighted by atomic mass is 9.89. The smallest absolute Gasteiger partial charge is 0.387 e. The van der Waals surface area contributed by atoms with E-state index in [0.29, 0.717) is 29.9 Å². The summed E-state index contributed by atoms with van der Waals surface area (Å²) in [5.41, 5.74) is 1.66. The van der Waals surface area contributed by atoms with Crippen LogP contribution in [0.25, 0.3) is 10.9 Å². The van der Waals surface area contributed by atoms with Crippen molar-refractivity contribution in [3.63, 3.8) is 0 Å². The summed E-state index contributed by atoms with van der Waals surface area (Å²) in [4.78, 5) is 42.0. The fourth-order valence-corrected chi connectivity index (χ4v) is 7.10. The van der Waals surface area contributed by atoms with Gasteiger partial charge >= 0.3 is 6.61 Å². The first-order valence-corrected chi connectivity index (χ1v) is 18.4. The predicted molar refractivity (Wildman–Crippen MR) is 196 cm³/mol. The zero-order valence-electron chi connectivity index (χ0n) is 30.4. The van der Waals surface area contributed by atoms with Crippen molar-refractivity contribution in [2.24, 2.45) is 0 Å². The number of hydrogen-bond acceptors (Lipinski definition) is 11. The zero-order chi connectivity index (χ0) is 38.5. The molecule has 2 saturated heterocycles. The van der Waals surface area contributed by atoms with Crippen LogP contribution >= 0.6 is 11.9 Å². The minimum Gasteiger partial charge on any atom is -0.432 e. The summed E-state index contributed by atoms with van der Waals surface area (Å²) in [5.74, 6) is 0.988. The fourth-order valence-electron chi connectivity index (χ4n) is 6.12. The second kappa shape index (κ2) is 24.4. The molecule has 2 fully saturated rings. The van der Waals surface area contributed by atoms with Gasteiger partial charge < -0.3 is 29.9 Å². The summed E-state index contributed by atoms with van der Waals surface area (Å²) in [6.45, 7) is 8.05. The van der Waals surface area contributed by atoms with Gasteiger partial charge in [-0.25, -0.2) is 9.97 Å². The number of anilines is 1. The summed E-state index contributed by atoms with van der Waals surface area (Å²) in [7, 11) is 2.04. The Morgan fingerprint density at radius 3 is 2.33 bits per heavy atom. The van der Waals surface area contributed by atoms with Gasteiger partial charge in [0.15, 0.2) is 5.75 Å². The number of carbonyl (C=O) groups is 3. The van der Waals surface area contributed by atoms with Gasteiger partial charge in [-0.05, 0) is 81.8 Å². The number of halogens is 4. The summed E-state index contributed by atoms with van der Waals surface area (Å²) in [6.07, 6.45) is 8.64. The molecule has 52 heavy (non-hydrogen) atoms. The standard InChI is InChI=1S/C31H41F3N8O3S.C2H6.CH3F.CH2O/c1-35-28(44)6-4-24(20-43)42-27-5-3-22(17-26(27)29(32)39-42)21-7-12-40(13-8-21)11-2-16-46-41-14-9-23(10-15-41)38-31-36-18-25(19-37-31)45-30(33)34;3*1-2/h3,5,17-21,23-24,30H,2,4,6-16H2,1H3,(H,35,44)(H,36,37,38);1-2H3;1H3;1H2. The first-order chi connectivity index (χ1) is 25.3. The molecule has 2 N–H and O–H groups in total. The largest absolute Gasteiger partial charge is 0.432 e. The molecule has 1 atom stereocenters. The highest BCUT2D eigenvalue weighted by molar-refractivity contribution is 7.97. The van der Waals surface area contributed by atoms with Crippen molar-refractivity contribution in [3.8, 4) is 5.75 Å². The van der Waals surface area contributed by atoms with Crippen molar-refractivity contribution in [1.82, 2.24) is 34.3 Å².